The van der Waals surface area contributed by atoms with Crippen LogP contribution in [0.4, 0.5) is 8.78 Å². The first-order valence-electron chi connectivity index (χ1n) is 9.17. The lowest BCUT2D eigenvalue weighted by atomic mass is 10.1. The fourth-order valence-corrected chi connectivity index (χ4v) is 2.89. The van der Waals surface area contributed by atoms with Gasteiger partial charge in [0, 0.05) is 26.0 Å². The lowest BCUT2D eigenvalue weighted by Gasteiger charge is -2.17. The summed E-state index contributed by atoms with van der Waals surface area (Å²) in [5.74, 6) is -1.30. The third-order valence-corrected chi connectivity index (χ3v) is 4.47. The summed E-state index contributed by atoms with van der Waals surface area (Å²) in [6.45, 7) is -3.27. The van der Waals surface area contributed by atoms with Crippen molar-refractivity contribution < 1.29 is 27.8 Å². The fourth-order valence-electron chi connectivity index (χ4n) is 2.89. The molecule has 0 bridgehead atoms. The van der Waals surface area contributed by atoms with E-state index >= 15 is 0 Å². The molecule has 162 valence electrons. The van der Waals surface area contributed by atoms with Crippen LogP contribution < -0.4 is 10.3 Å². The summed E-state index contributed by atoms with van der Waals surface area (Å²) >= 11 is 0. The van der Waals surface area contributed by atoms with E-state index in [9.17, 15) is 23.2 Å². The second-order valence-corrected chi connectivity index (χ2v) is 6.67. The van der Waals surface area contributed by atoms with E-state index in [4.69, 9.17) is 4.74 Å². The number of benzene rings is 2. The van der Waals surface area contributed by atoms with Gasteiger partial charge >= 0.3 is 12.6 Å². The molecular formula is C21H19F2N3O5. The molecule has 3 aromatic rings. The predicted molar refractivity (Wildman–Crippen MR) is 107 cm³/mol. The predicted octanol–water partition coefficient (Wildman–Crippen LogP) is 2.35. The van der Waals surface area contributed by atoms with E-state index < -0.39 is 25.1 Å². The van der Waals surface area contributed by atoms with Gasteiger partial charge in [-0.15, -0.1) is 0 Å². The number of alkyl halides is 2. The summed E-state index contributed by atoms with van der Waals surface area (Å²) in [5.41, 5.74) is 0.255. The molecule has 0 spiro atoms. The Balaban J connectivity index is 1.63. The molecule has 0 aliphatic heterocycles. The Morgan fingerprint density at radius 2 is 1.74 bits per heavy atom. The Morgan fingerprint density at radius 3 is 2.39 bits per heavy atom. The van der Waals surface area contributed by atoms with Gasteiger partial charge < -0.3 is 14.4 Å². The molecule has 8 nitrogen and oxygen atoms in total. The number of carbonyl (C=O) groups excluding carboxylic acids is 2. The number of amides is 1. The molecule has 3 rings (SSSR count). The normalized spacial score (nSPS) is 10.9. The van der Waals surface area contributed by atoms with Gasteiger partial charge in [0.25, 0.3) is 11.5 Å². The highest BCUT2D eigenvalue weighted by molar-refractivity contribution is 6.02. The summed E-state index contributed by atoms with van der Waals surface area (Å²) < 4.78 is 34.8. The second kappa shape index (κ2) is 9.33. The topological polar surface area (TPSA) is 90.7 Å². The van der Waals surface area contributed by atoms with Gasteiger partial charge in [0.2, 0.25) is 0 Å². The number of carbonyl (C=O) groups is 2. The number of halogens is 2. The van der Waals surface area contributed by atoms with Crippen LogP contribution in [0.15, 0.2) is 53.3 Å². The van der Waals surface area contributed by atoms with Gasteiger partial charge in [-0.2, -0.15) is 13.9 Å². The molecule has 31 heavy (non-hydrogen) atoms. The quantitative estimate of drug-likeness (QED) is 0.534. The average molecular weight is 431 g/mol. The van der Waals surface area contributed by atoms with Crippen molar-refractivity contribution >= 4 is 22.6 Å². The average Bonchev–Trinajstić information content (AvgIpc) is 2.75. The van der Waals surface area contributed by atoms with Crippen LogP contribution in [0.25, 0.3) is 10.8 Å². The fraction of sp³-hybridized carbons (Fsp3) is 0.238. The zero-order valence-corrected chi connectivity index (χ0v) is 16.7. The molecule has 0 unspecified atom stereocenters. The Kier molecular flexibility index (Phi) is 6.58. The third-order valence-electron chi connectivity index (χ3n) is 4.47. The van der Waals surface area contributed by atoms with Crippen molar-refractivity contribution in [1.82, 2.24) is 14.7 Å². The Morgan fingerprint density at radius 1 is 1.10 bits per heavy atom. The summed E-state index contributed by atoms with van der Waals surface area (Å²) in [4.78, 5) is 38.3. The molecule has 1 aromatic heterocycles. The van der Waals surface area contributed by atoms with Crippen molar-refractivity contribution in [1.29, 1.82) is 0 Å². The zero-order chi connectivity index (χ0) is 22.5. The van der Waals surface area contributed by atoms with Crippen LogP contribution in [0.2, 0.25) is 0 Å². The minimum absolute atomic E-state index is 0.0126. The molecule has 0 aliphatic carbocycles. The maximum Gasteiger partial charge on any atom is 0.387 e. The highest BCUT2D eigenvalue weighted by Crippen LogP contribution is 2.16. The summed E-state index contributed by atoms with van der Waals surface area (Å²) in [5, 5.41) is 4.61. The number of esters is 1. The van der Waals surface area contributed by atoms with Gasteiger partial charge in [0.15, 0.2) is 12.3 Å². The Bertz CT molecular complexity index is 1160. The molecule has 2 aromatic carbocycles. The lowest BCUT2D eigenvalue weighted by Crippen LogP contribution is -2.31. The highest BCUT2D eigenvalue weighted by atomic mass is 19.3. The molecule has 0 aliphatic rings. The van der Waals surface area contributed by atoms with Crippen LogP contribution in [0.5, 0.6) is 5.75 Å². The zero-order valence-electron chi connectivity index (χ0n) is 16.7. The van der Waals surface area contributed by atoms with Crippen LogP contribution in [0.3, 0.4) is 0 Å². The van der Waals surface area contributed by atoms with Gasteiger partial charge in [0.1, 0.15) is 5.75 Å². The minimum Gasteiger partial charge on any atom is -0.451 e. The Labute approximate surface area is 175 Å². The maximum absolute atomic E-state index is 12.5. The maximum atomic E-state index is 12.5. The number of hydrogen-bond acceptors (Lipinski definition) is 6. The number of rotatable bonds is 7. The van der Waals surface area contributed by atoms with Crippen LogP contribution >= 0.6 is 0 Å². The molecule has 10 heteroatoms. The minimum atomic E-state index is -2.91. The number of fused-ring (bicyclic) bond motifs is 1. The van der Waals surface area contributed by atoms with Crippen molar-refractivity contribution in [3.63, 3.8) is 0 Å². The smallest absolute Gasteiger partial charge is 0.387 e. The molecule has 1 heterocycles. The van der Waals surface area contributed by atoms with Crippen LogP contribution in [-0.4, -0.2) is 46.8 Å². The van der Waals surface area contributed by atoms with E-state index in [1.807, 2.05) is 0 Å². The van der Waals surface area contributed by atoms with Gasteiger partial charge in [-0.05, 0) is 23.8 Å². The van der Waals surface area contributed by atoms with Gasteiger partial charge in [-0.25, -0.2) is 9.48 Å². The van der Waals surface area contributed by atoms with Crippen molar-refractivity contribution in [2.24, 2.45) is 7.05 Å². The molecule has 1 amide bonds. The molecule has 0 atom stereocenters. The summed E-state index contributed by atoms with van der Waals surface area (Å²) in [6, 6.07) is 12.3. The van der Waals surface area contributed by atoms with E-state index in [1.165, 1.54) is 31.1 Å². The number of aromatic nitrogens is 2. The lowest BCUT2D eigenvalue weighted by molar-refractivity contribution is -0.133. The van der Waals surface area contributed by atoms with E-state index in [2.05, 4.69) is 9.84 Å². The van der Waals surface area contributed by atoms with Crippen molar-refractivity contribution in [2.45, 2.75) is 13.2 Å². The van der Waals surface area contributed by atoms with Crippen LogP contribution in [-0.2, 0) is 23.1 Å². The first kappa shape index (κ1) is 21.9. The monoisotopic (exact) mass is 431 g/mol. The van der Waals surface area contributed by atoms with E-state index in [-0.39, 0.29) is 23.5 Å². The van der Waals surface area contributed by atoms with Gasteiger partial charge in [0.05, 0.1) is 5.39 Å². The Hall–Kier alpha value is -3.82. The summed E-state index contributed by atoms with van der Waals surface area (Å²) in [6.07, 6.45) is 0. The third kappa shape index (κ3) is 5.21. The standard InChI is InChI=1S/C21H19F2N3O5/c1-25(11-13-7-9-14(10-8-13)31-21(22)23)17(27)12-30-20(29)18-15-5-3-4-6-16(15)19(28)26(2)24-18/h3-10,21H,11-12H2,1-2H3. The second-order valence-electron chi connectivity index (χ2n) is 6.67. The van der Waals surface area contributed by atoms with Crippen LogP contribution in [0, 0.1) is 0 Å². The number of hydrogen-bond donors (Lipinski definition) is 0. The summed E-state index contributed by atoms with van der Waals surface area (Å²) in [7, 11) is 2.93. The first-order chi connectivity index (χ1) is 14.8. The molecule has 0 fully saturated rings. The van der Waals surface area contributed by atoms with E-state index in [1.54, 1.807) is 36.4 Å². The molecule has 0 radical (unpaired) electrons. The number of nitrogens with zero attached hydrogens (tertiary/aromatic N) is 3. The SMILES string of the molecule is CN(Cc1ccc(OC(F)F)cc1)C(=O)COC(=O)c1nn(C)c(=O)c2ccccc12. The van der Waals surface area contributed by atoms with E-state index in [0.29, 0.717) is 16.3 Å². The molecule has 0 N–H and O–H groups in total. The first-order valence-corrected chi connectivity index (χ1v) is 9.17. The number of ether oxygens (including phenoxy) is 2. The molecular weight excluding hydrogens is 412 g/mol. The highest BCUT2D eigenvalue weighted by Gasteiger charge is 2.19. The van der Waals surface area contributed by atoms with Crippen molar-refractivity contribution in [3.8, 4) is 5.75 Å². The van der Waals surface area contributed by atoms with Crippen molar-refractivity contribution in [2.75, 3.05) is 13.7 Å². The van der Waals surface area contributed by atoms with Crippen molar-refractivity contribution in [3.05, 3.63) is 70.1 Å². The van der Waals surface area contributed by atoms with E-state index in [0.717, 1.165) is 4.68 Å². The van der Waals surface area contributed by atoms with Gasteiger partial charge in [-0.1, -0.05) is 30.3 Å². The number of aryl methyl sites for hydroxylation is 1. The number of likely N-dealkylation sites (N-methyl/N-ethyl adjacent to an activating group) is 1. The molecule has 0 saturated heterocycles. The van der Waals surface area contributed by atoms with Gasteiger partial charge in [-0.3, -0.25) is 9.59 Å². The molecule has 0 saturated carbocycles. The van der Waals surface area contributed by atoms with Crippen LogP contribution in [0.1, 0.15) is 16.1 Å². The largest absolute Gasteiger partial charge is 0.451 e.